The van der Waals surface area contributed by atoms with Gasteiger partial charge in [0.2, 0.25) is 0 Å². The van der Waals surface area contributed by atoms with Crippen LogP contribution in [0, 0.1) is 0 Å². The van der Waals surface area contributed by atoms with Gasteiger partial charge in [-0.1, -0.05) is 12.1 Å². The summed E-state index contributed by atoms with van der Waals surface area (Å²) in [5, 5.41) is 14.4. The summed E-state index contributed by atoms with van der Waals surface area (Å²) < 4.78 is 39.3. The molecule has 0 saturated carbocycles. The molecule has 0 aliphatic carbocycles. The van der Waals surface area contributed by atoms with Crippen molar-refractivity contribution in [3.8, 4) is 0 Å². The second-order valence-corrected chi connectivity index (χ2v) is 4.75. The lowest BCUT2D eigenvalue weighted by Crippen LogP contribution is -2.25. The van der Waals surface area contributed by atoms with Crippen molar-refractivity contribution in [2.75, 3.05) is 0 Å². The van der Waals surface area contributed by atoms with Gasteiger partial charge in [-0.15, -0.1) is 0 Å². The van der Waals surface area contributed by atoms with Crippen molar-refractivity contribution in [2.45, 2.75) is 12.7 Å². The maximum absolute atomic E-state index is 12.8. The molecule has 0 unspecified atom stereocenters. The van der Waals surface area contributed by atoms with E-state index in [1.165, 1.54) is 25.2 Å². The Kier molecular flexibility index (Phi) is 4.39. The van der Waals surface area contributed by atoms with E-state index < -0.39 is 29.3 Å². The summed E-state index contributed by atoms with van der Waals surface area (Å²) in [6.45, 7) is -0.105. The van der Waals surface area contributed by atoms with E-state index in [4.69, 9.17) is 5.11 Å². The van der Waals surface area contributed by atoms with E-state index in [0.29, 0.717) is 5.56 Å². The fourth-order valence-electron chi connectivity index (χ4n) is 1.96. The molecule has 2 N–H and O–H groups in total. The molecule has 9 heteroatoms. The number of hydrogen-bond acceptors (Lipinski definition) is 3. The van der Waals surface area contributed by atoms with Gasteiger partial charge < -0.3 is 10.4 Å². The van der Waals surface area contributed by atoms with E-state index in [1.54, 1.807) is 6.07 Å². The molecule has 122 valence electrons. The van der Waals surface area contributed by atoms with Crippen molar-refractivity contribution >= 4 is 11.9 Å². The van der Waals surface area contributed by atoms with E-state index in [1.807, 2.05) is 0 Å². The zero-order valence-corrected chi connectivity index (χ0v) is 11.9. The molecular weight excluding hydrogens is 315 g/mol. The monoisotopic (exact) mass is 327 g/mol. The molecule has 0 atom stereocenters. The number of halogens is 3. The Morgan fingerprint density at radius 2 is 2.04 bits per heavy atom. The van der Waals surface area contributed by atoms with Crippen molar-refractivity contribution in [1.29, 1.82) is 0 Å². The molecule has 2 aromatic rings. The first-order valence-electron chi connectivity index (χ1n) is 6.39. The summed E-state index contributed by atoms with van der Waals surface area (Å²) in [5.74, 6) is -2.07. The first-order valence-corrected chi connectivity index (χ1v) is 6.39. The van der Waals surface area contributed by atoms with Crippen LogP contribution >= 0.6 is 0 Å². The van der Waals surface area contributed by atoms with Gasteiger partial charge in [0.1, 0.15) is 0 Å². The summed E-state index contributed by atoms with van der Waals surface area (Å²) in [6, 6.07) is 5.74. The van der Waals surface area contributed by atoms with E-state index in [0.717, 1.165) is 10.9 Å². The maximum atomic E-state index is 12.8. The molecular formula is C14H12F3N3O3. The molecule has 0 fully saturated rings. The van der Waals surface area contributed by atoms with E-state index >= 15 is 0 Å². The lowest BCUT2D eigenvalue weighted by molar-refractivity contribution is -0.141. The second-order valence-electron chi connectivity index (χ2n) is 4.75. The number of benzene rings is 1. The van der Waals surface area contributed by atoms with E-state index in [9.17, 15) is 22.8 Å². The molecule has 0 aliphatic rings. The topological polar surface area (TPSA) is 84.2 Å². The van der Waals surface area contributed by atoms with Gasteiger partial charge in [0.05, 0.1) is 11.1 Å². The third-order valence-corrected chi connectivity index (χ3v) is 2.97. The summed E-state index contributed by atoms with van der Waals surface area (Å²) in [6.07, 6.45) is -3.76. The number of aromatic carboxylic acids is 1. The molecule has 0 aliphatic heterocycles. The molecule has 23 heavy (non-hydrogen) atoms. The van der Waals surface area contributed by atoms with Gasteiger partial charge in [0.15, 0.2) is 5.69 Å². The lowest BCUT2D eigenvalue weighted by atomic mass is 10.1. The van der Waals surface area contributed by atoms with Crippen LogP contribution in [0.1, 0.15) is 32.0 Å². The third-order valence-electron chi connectivity index (χ3n) is 2.97. The minimum Gasteiger partial charge on any atom is -0.478 e. The summed E-state index contributed by atoms with van der Waals surface area (Å²) in [4.78, 5) is 22.8. The van der Waals surface area contributed by atoms with Crippen molar-refractivity contribution < 1.29 is 27.9 Å². The lowest BCUT2D eigenvalue weighted by Gasteiger charge is -2.08. The SMILES string of the molecule is Cn1cc(C(=O)NCc2cccc(C(=O)O)c2)c(C(F)(F)F)n1. The van der Waals surface area contributed by atoms with Crippen molar-refractivity contribution in [2.24, 2.45) is 7.05 Å². The highest BCUT2D eigenvalue weighted by molar-refractivity contribution is 5.95. The number of carbonyl (C=O) groups is 2. The normalized spacial score (nSPS) is 11.3. The minimum atomic E-state index is -4.74. The first kappa shape index (κ1) is 16.5. The number of rotatable bonds is 4. The van der Waals surface area contributed by atoms with Crippen LogP contribution in [-0.2, 0) is 19.8 Å². The van der Waals surface area contributed by atoms with E-state index in [-0.39, 0.29) is 12.1 Å². The number of carboxylic acid groups (broad SMARTS) is 1. The van der Waals surface area contributed by atoms with Gasteiger partial charge in [-0.2, -0.15) is 18.3 Å². The number of amides is 1. The van der Waals surface area contributed by atoms with Crippen LogP contribution in [0.25, 0.3) is 0 Å². The van der Waals surface area contributed by atoms with Gasteiger partial charge in [0, 0.05) is 19.8 Å². The Morgan fingerprint density at radius 1 is 1.35 bits per heavy atom. The van der Waals surface area contributed by atoms with Crippen molar-refractivity contribution in [1.82, 2.24) is 15.1 Å². The van der Waals surface area contributed by atoms with Crippen LogP contribution in [0.2, 0.25) is 0 Å². The van der Waals surface area contributed by atoms with Crippen LogP contribution in [0.15, 0.2) is 30.5 Å². The average Bonchev–Trinajstić information content (AvgIpc) is 2.87. The van der Waals surface area contributed by atoms with Gasteiger partial charge in [-0.3, -0.25) is 9.48 Å². The number of nitrogens with zero attached hydrogens (tertiary/aromatic N) is 2. The second kappa shape index (κ2) is 6.11. The highest BCUT2D eigenvalue weighted by atomic mass is 19.4. The zero-order valence-electron chi connectivity index (χ0n) is 11.9. The quantitative estimate of drug-likeness (QED) is 0.900. The fourth-order valence-corrected chi connectivity index (χ4v) is 1.96. The predicted octanol–water partition coefficient (Wildman–Crippen LogP) is 2.07. The van der Waals surface area contributed by atoms with Crippen LogP contribution in [-0.4, -0.2) is 26.8 Å². The predicted molar refractivity (Wildman–Crippen MR) is 72.8 cm³/mol. The molecule has 0 bridgehead atoms. The largest absolute Gasteiger partial charge is 0.478 e. The highest BCUT2D eigenvalue weighted by Gasteiger charge is 2.38. The summed E-state index contributed by atoms with van der Waals surface area (Å²) >= 11 is 0. The van der Waals surface area contributed by atoms with Crippen molar-refractivity contribution in [3.63, 3.8) is 0 Å². The Bertz CT molecular complexity index is 753. The number of aromatic nitrogens is 2. The molecule has 1 aromatic heterocycles. The Labute approximate surface area is 128 Å². The van der Waals surface area contributed by atoms with Gasteiger partial charge in [0.25, 0.3) is 5.91 Å². The molecule has 6 nitrogen and oxygen atoms in total. The zero-order chi connectivity index (χ0) is 17.2. The number of carbonyl (C=O) groups excluding carboxylic acids is 1. The standard InChI is InChI=1S/C14H12F3N3O3/c1-20-7-10(11(19-20)14(15,16)17)12(21)18-6-8-3-2-4-9(5-8)13(22)23/h2-5,7H,6H2,1H3,(H,18,21)(H,22,23). The number of aryl methyl sites for hydroxylation is 1. The number of carboxylic acids is 1. The summed E-state index contributed by atoms with van der Waals surface area (Å²) in [5.41, 5.74) is -1.38. The molecule has 1 amide bonds. The van der Waals surface area contributed by atoms with Crippen LogP contribution in [0.3, 0.4) is 0 Å². The molecule has 0 saturated heterocycles. The van der Waals surface area contributed by atoms with Gasteiger partial charge in [-0.05, 0) is 17.7 Å². The molecule has 1 aromatic carbocycles. The first-order chi connectivity index (χ1) is 10.7. The van der Waals surface area contributed by atoms with Crippen LogP contribution < -0.4 is 5.32 Å². The fraction of sp³-hybridized carbons (Fsp3) is 0.214. The number of hydrogen-bond donors (Lipinski definition) is 2. The molecule has 0 spiro atoms. The minimum absolute atomic E-state index is 0.0223. The molecule has 1 heterocycles. The Morgan fingerprint density at radius 3 is 2.65 bits per heavy atom. The number of nitrogens with one attached hydrogen (secondary N) is 1. The van der Waals surface area contributed by atoms with Crippen LogP contribution in [0.5, 0.6) is 0 Å². The molecule has 2 rings (SSSR count). The van der Waals surface area contributed by atoms with E-state index in [2.05, 4.69) is 10.4 Å². The van der Waals surface area contributed by atoms with Crippen molar-refractivity contribution in [3.05, 3.63) is 52.8 Å². The average molecular weight is 327 g/mol. The third kappa shape index (κ3) is 3.87. The maximum Gasteiger partial charge on any atom is 0.435 e. The smallest absolute Gasteiger partial charge is 0.435 e. The molecule has 0 radical (unpaired) electrons. The Hall–Kier alpha value is -2.84. The summed E-state index contributed by atoms with van der Waals surface area (Å²) in [7, 11) is 1.28. The van der Waals surface area contributed by atoms with Gasteiger partial charge >= 0.3 is 12.1 Å². The van der Waals surface area contributed by atoms with Gasteiger partial charge in [-0.25, -0.2) is 4.79 Å². The highest BCUT2D eigenvalue weighted by Crippen LogP contribution is 2.30. The number of alkyl halides is 3. The Balaban J connectivity index is 2.15. The van der Waals surface area contributed by atoms with Crippen LogP contribution in [0.4, 0.5) is 13.2 Å².